The van der Waals surface area contributed by atoms with E-state index in [-0.39, 0.29) is 5.97 Å². The van der Waals surface area contributed by atoms with Gasteiger partial charge in [-0.2, -0.15) is 0 Å². The average Bonchev–Trinajstić information content (AvgIpc) is 2.85. The van der Waals surface area contributed by atoms with Crippen molar-refractivity contribution in [1.82, 2.24) is 4.98 Å². The molecule has 1 saturated carbocycles. The molecular formula is C25H34N4O3. The van der Waals surface area contributed by atoms with E-state index >= 15 is 0 Å². The number of benzene rings is 1. The zero-order valence-corrected chi connectivity index (χ0v) is 18.9. The van der Waals surface area contributed by atoms with Gasteiger partial charge in [-0.3, -0.25) is 0 Å². The summed E-state index contributed by atoms with van der Waals surface area (Å²) in [4.78, 5) is 19.2. The normalized spacial score (nSPS) is 17.1. The zero-order valence-electron chi connectivity index (χ0n) is 18.9. The molecule has 0 atom stereocenters. The van der Waals surface area contributed by atoms with Crippen LogP contribution in [0.4, 0.5) is 22.9 Å². The van der Waals surface area contributed by atoms with Crippen molar-refractivity contribution in [1.29, 1.82) is 0 Å². The number of pyridine rings is 1. The van der Waals surface area contributed by atoms with Gasteiger partial charge in [0.2, 0.25) is 0 Å². The first-order valence-electron chi connectivity index (χ1n) is 11.8. The topological polar surface area (TPSA) is 75.7 Å². The van der Waals surface area contributed by atoms with Crippen molar-refractivity contribution in [3.8, 4) is 0 Å². The fourth-order valence-corrected chi connectivity index (χ4v) is 4.41. The Morgan fingerprint density at radius 2 is 1.91 bits per heavy atom. The quantitative estimate of drug-likeness (QED) is 0.572. The van der Waals surface area contributed by atoms with Crippen LogP contribution in [0.3, 0.4) is 0 Å². The van der Waals surface area contributed by atoms with Gasteiger partial charge in [-0.15, -0.1) is 0 Å². The van der Waals surface area contributed by atoms with Crippen molar-refractivity contribution in [2.45, 2.75) is 39.0 Å². The summed E-state index contributed by atoms with van der Waals surface area (Å²) in [5.41, 5.74) is 3.41. The lowest BCUT2D eigenvalue weighted by Crippen LogP contribution is -2.36. The van der Waals surface area contributed by atoms with Crippen LogP contribution in [0.1, 0.15) is 49.4 Å². The summed E-state index contributed by atoms with van der Waals surface area (Å²) in [5, 5.41) is 6.87. The van der Waals surface area contributed by atoms with Crippen LogP contribution >= 0.6 is 0 Å². The largest absolute Gasteiger partial charge is 0.462 e. The minimum Gasteiger partial charge on any atom is -0.462 e. The highest BCUT2D eigenvalue weighted by Gasteiger charge is 2.18. The Labute approximate surface area is 190 Å². The number of carbonyl (C=O) groups excluding carboxylic acids is 1. The number of ether oxygens (including phenoxy) is 2. The molecule has 2 fully saturated rings. The summed E-state index contributed by atoms with van der Waals surface area (Å²) in [5.74, 6) is 1.01. The van der Waals surface area contributed by atoms with Gasteiger partial charge < -0.3 is 25.0 Å². The minimum atomic E-state index is -0.340. The SMILES string of the molecule is CCOC(=O)c1cnc(Nc2ccc(N3CCOCC3)cc2)cc1NCC1CCCCC1. The Morgan fingerprint density at radius 1 is 1.16 bits per heavy atom. The van der Waals surface area contributed by atoms with E-state index in [0.717, 1.165) is 44.2 Å². The first-order valence-corrected chi connectivity index (χ1v) is 11.8. The second-order valence-corrected chi connectivity index (χ2v) is 8.49. The fourth-order valence-electron chi connectivity index (χ4n) is 4.41. The number of carbonyl (C=O) groups is 1. The molecule has 7 nitrogen and oxygen atoms in total. The molecule has 2 aliphatic rings. The maximum Gasteiger partial charge on any atom is 0.341 e. The molecule has 2 N–H and O–H groups in total. The molecule has 1 aromatic heterocycles. The van der Waals surface area contributed by atoms with Crippen LogP contribution in [-0.4, -0.2) is 50.4 Å². The highest BCUT2D eigenvalue weighted by atomic mass is 16.5. The second kappa shape index (κ2) is 11.2. The maximum atomic E-state index is 12.4. The Balaban J connectivity index is 1.46. The van der Waals surface area contributed by atoms with E-state index in [1.807, 2.05) is 13.0 Å². The molecule has 1 aliphatic heterocycles. The van der Waals surface area contributed by atoms with E-state index in [4.69, 9.17) is 9.47 Å². The van der Waals surface area contributed by atoms with E-state index in [1.165, 1.54) is 37.8 Å². The van der Waals surface area contributed by atoms with Gasteiger partial charge in [0.1, 0.15) is 11.4 Å². The number of morpholine rings is 1. The van der Waals surface area contributed by atoms with Crippen molar-refractivity contribution < 1.29 is 14.3 Å². The smallest absolute Gasteiger partial charge is 0.341 e. The van der Waals surface area contributed by atoms with Gasteiger partial charge in [0.05, 0.1) is 25.5 Å². The van der Waals surface area contributed by atoms with Gasteiger partial charge in [0.25, 0.3) is 0 Å². The third kappa shape index (κ3) is 5.91. The number of esters is 1. The number of nitrogens with one attached hydrogen (secondary N) is 2. The van der Waals surface area contributed by atoms with E-state index in [0.29, 0.717) is 23.9 Å². The van der Waals surface area contributed by atoms with Crippen molar-refractivity contribution >= 4 is 28.8 Å². The molecule has 4 rings (SSSR count). The van der Waals surface area contributed by atoms with Crippen molar-refractivity contribution in [3.05, 3.63) is 42.1 Å². The molecule has 172 valence electrons. The third-order valence-electron chi connectivity index (χ3n) is 6.22. The van der Waals surface area contributed by atoms with Crippen molar-refractivity contribution in [2.75, 3.05) is 55.0 Å². The van der Waals surface area contributed by atoms with Gasteiger partial charge >= 0.3 is 5.97 Å². The van der Waals surface area contributed by atoms with Gasteiger partial charge in [-0.05, 0) is 49.9 Å². The molecule has 32 heavy (non-hydrogen) atoms. The zero-order chi connectivity index (χ0) is 22.2. The highest BCUT2D eigenvalue weighted by Crippen LogP contribution is 2.27. The van der Waals surface area contributed by atoms with Crippen LogP contribution < -0.4 is 15.5 Å². The van der Waals surface area contributed by atoms with Gasteiger partial charge in [0.15, 0.2) is 0 Å². The third-order valence-corrected chi connectivity index (χ3v) is 6.22. The minimum absolute atomic E-state index is 0.340. The summed E-state index contributed by atoms with van der Waals surface area (Å²) in [6.45, 7) is 6.40. The van der Waals surface area contributed by atoms with E-state index in [1.54, 1.807) is 6.20 Å². The highest BCUT2D eigenvalue weighted by molar-refractivity contribution is 5.96. The number of hydrogen-bond donors (Lipinski definition) is 2. The molecule has 0 amide bonds. The molecule has 1 aromatic carbocycles. The lowest BCUT2D eigenvalue weighted by molar-refractivity contribution is 0.0527. The van der Waals surface area contributed by atoms with Crippen LogP contribution in [0.2, 0.25) is 0 Å². The summed E-state index contributed by atoms with van der Waals surface area (Å²) >= 11 is 0. The van der Waals surface area contributed by atoms with Gasteiger partial charge in [-0.25, -0.2) is 9.78 Å². The molecular weight excluding hydrogens is 404 g/mol. The number of rotatable bonds is 8. The first-order chi connectivity index (χ1) is 15.7. The fraction of sp³-hybridized carbons (Fsp3) is 0.520. The van der Waals surface area contributed by atoms with Gasteiger partial charge in [0, 0.05) is 43.3 Å². The number of aromatic nitrogens is 1. The summed E-state index contributed by atoms with van der Waals surface area (Å²) < 4.78 is 10.7. The Hall–Kier alpha value is -2.80. The Kier molecular flexibility index (Phi) is 7.82. The molecule has 7 heteroatoms. The summed E-state index contributed by atoms with van der Waals surface area (Å²) in [7, 11) is 0. The number of hydrogen-bond acceptors (Lipinski definition) is 7. The molecule has 0 bridgehead atoms. The molecule has 0 unspecified atom stereocenters. The number of nitrogens with zero attached hydrogens (tertiary/aromatic N) is 2. The van der Waals surface area contributed by atoms with Crippen molar-refractivity contribution in [2.24, 2.45) is 5.92 Å². The van der Waals surface area contributed by atoms with Crippen LogP contribution in [0, 0.1) is 5.92 Å². The standard InChI is InChI=1S/C25H34N4O3/c1-2-32-25(30)22-18-27-24(16-23(22)26-17-19-6-4-3-5-7-19)28-20-8-10-21(11-9-20)29-12-14-31-15-13-29/h8-11,16,18-19H,2-7,12-15,17H2,1H3,(H2,26,27,28). The Bertz CT molecular complexity index is 875. The van der Waals surface area contributed by atoms with Gasteiger partial charge in [-0.1, -0.05) is 19.3 Å². The molecule has 0 radical (unpaired) electrons. The molecule has 1 aliphatic carbocycles. The lowest BCUT2D eigenvalue weighted by atomic mass is 9.89. The average molecular weight is 439 g/mol. The maximum absolute atomic E-state index is 12.4. The van der Waals surface area contributed by atoms with Crippen molar-refractivity contribution in [3.63, 3.8) is 0 Å². The van der Waals surface area contributed by atoms with Crippen LogP contribution in [0.15, 0.2) is 36.5 Å². The summed E-state index contributed by atoms with van der Waals surface area (Å²) in [6.07, 6.45) is 8.01. The monoisotopic (exact) mass is 438 g/mol. The predicted molar refractivity (Wildman–Crippen MR) is 128 cm³/mol. The molecule has 2 aromatic rings. The lowest BCUT2D eigenvalue weighted by Gasteiger charge is -2.28. The summed E-state index contributed by atoms with van der Waals surface area (Å²) in [6, 6.07) is 10.2. The molecule has 0 spiro atoms. The van der Waals surface area contributed by atoms with E-state index < -0.39 is 0 Å². The number of anilines is 4. The second-order valence-electron chi connectivity index (χ2n) is 8.49. The molecule has 2 heterocycles. The predicted octanol–water partition coefficient (Wildman–Crippen LogP) is 4.83. The van der Waals surface area contributed by atoms with Crippen LogP contribution in [0.25, 0.3) is 0 Å². The molecule has 1 saturated heterocycles. The van der Waals surface area contributed by atoms with Crippen LogP contribution in [-0.2, 0) is 9.47 Å². The first kappa shape index (κ1) is 22.4. The van der Waals surface area contributed by atoms with Crippen LogP contribution in [0.5, 0.6) is 0 Å². The Morgan fingerprint density at radius 3 is 2.62 bits per heavy atom. The van der Waals surface area contributed by atoms with E-state index in [2.05, 4.69) is 44.8 Å². The van der Waals surface area contributed by atoms with E-state index in [9.17, 15) is 4.79 Å².